The fraction of sp³-hybridized carbons (Fsp3) is 0.400. The lowest BCUT2D eigenvalue weighted by molar-refractivity contribution is -0.137. The van der Waals surface area contributed by atoms with Gasteiger partial charge >= 0.3 is 5.97 Å². The number of aromatic nitrogens is 2. The lowest BCUT2D eigenvalue weighted by atomic mass is 10.3. The Balaban J connectivity index is 2.15. The molecule has 0 aliphatic carbocycles. The molecule has 130 valence electrons. The Morgan fingerprint density at radius 1 is 1.29 bits per heavy atom. The SMILES string of the molecule is CCCN(Cc1noc(CCC(=O)O)n1)S(=O)(=O)c1ccccc1. The van der Waals surface area contributed by atoms with Crippen LogP contribution in [0.1, 0.15) is 31.5 Å². The number of hydrogen-bond donors (Lipinski definition) is 1. The smallest absolute Gasteiger partial charge is 0.303 e. The molecule has 0 fully saturated rings. The van der Waals surface area contributed by atoms with Crippen molar-refractivity contribution < 1.29 is 22.8 Å². The minimum absolute atomic E-state index is 0.0262. The third kappa shape index (κ3) is 4.62. The van der Waals surface area contributed by atoms with Crippen LogP contribution in [0.5, 0.6) is 0 Å². The number of sulfonamides is 1. The summed E-state index contributed by atoms with van der Waals surface area (Å²) in [5.74, 6) is -0.571. The third-order valence-electron chi connectivity index (χ3n) is 3.23. The molecule has 1 aromatic carbocycles. The summed E-state index contributed by atoms with van der Waals surface area (Å²) in [6, 6.07) is 8.14. The summed E-state index contributed by atoms with van der Waals surface area (Å²) >= 11 is 0. The molecule has 2 aromatic rings. The van der Waals surface area contributed by atoms with Crippen molar-refractivity contribution in [3.05, 3.63) is 42.0 Å². The monoisotopic (exact) mass is 353 g/mol. The van der Waals surface area contributed by atoms with Crippen LogP contribution in [0.2, 0.25) is 0 Å². The van der Waals surface area contributed by atoms with Gasteiger partial charge in [0.05, 0.1) is 17.9 Å². The molecule has 1 aromatic heterocycles. The van der Waals surface area contributed by atoms with Crippen LogP contribution in [0, 0.1) is 0 Å². The molecule has 0 amide bonds. The van der Waals surface area contributed by atoms with Crippen LogP contribution in [0.15, 0.2) is 39.8 Å². The van der Waals surface area contributed by atoms with Gasteiger partial charge in [-0.25, -0.2) is 8.42 Å². The number of rotatable bonds is 9. The molecule has 0 aliphatic heterocycles. The Hall–Kier alpha value is -2.26. The van der Waals surface area contributed by atoms with Gasteiger partial charge in [-0.1, -0.05) is 30.3 Å². The molecule has 0 bridgehead atoms. The second-order valence-corrected chi connectivity index (χ2v) is 7.09. The summed E-state index contributed by atoms with van der Waals surface area (Å²) in [5, 5.41) is 12.4. The summed E-state index contributed by atoms with van der Waals surface area (Å²) in [6.07, 6.45) is 0.625. The molecule has 9 heteroatoms. The van der Waals surface area contributed by atoms with Crippen LogP contribution in [0.3, 0.4) is 0 Å². The molecule has 0 unspecified atom stereocenters. The maximum Gasteiger partial charge on any atom is 0.303 e. The van der Waals surface area contributed by atoms with Crippen LogP contribution >= 0.6 is 0 Å². The van der Waals surface area contributed by atoms with Gasteiger partial charge in [0, 0.05) is 13.0 Å². The Morgan fingerprint density at radius 3 is 2.62 bits per heavy atom. The van der Waals surface area contributed by atoms with Crippen molar-refractivity contribution >= 4 is 16.0 Å². The Labute approximate surface area is 140 Å². The number of aryl methyl sites for hydroxylation is 1. The van der Waals surface area contributed by atoms with Crippen molar-refractivity contribution in [2.24, 2.45) is 0 Å². The summed E-state index contributed by atoms with van der Waals surface area (Å²) < 4.78 is 31.7. The van der Waals surface area contributed by atoms with E-state index in [1.807, 2.05) is 6.92 Å². The van der Waals surface area contributed by atoms with Gasteiger partial charge in [0.2, 0.25) is 15.9 Å². The molecule has 0 atom stereocenters. The normalized spacial score (nSPS) is 11.8. The number of carbonyl (C=O) groups is 1. The first-order valence-corrected chi connectivity index (χ1v) is 8.96. The van der Waals surface area contributed by atoms with Crippen molar-refractivity contribution in [2.75, 3.05) is 6.54 Å². The first-order valence-electron chi connectivity index (χ1n) is 7.52. The van der Waals surface area contributed by atoms with Crippen LogP contribution in [0.25, 0.3) is 0 Å². The molecular weight excluding hydrogens is 334 g/mol. The summed E-state index contributed by atoms with van der Waals surface area (Å²) in [4.78, 5) is 14.8. The molecule has 0 aliphatic rings. The van der Waals surface area contributed by atoms with E-state index in [1.54, 1.807) is 18.2 Å². The second-order valence-electron chi connectivity index (χ2n) is 5.15. The zero-order valence-corrected chi connectivity index (χ0v) is 14.1. The third-order valence-corrected chi connectivity index (χ3v) is 5.09. The van der Waals surface area contributed by atoms with E-state index in [4.69, 9.17) is 9.63 Å². The van der Waals surface area contributed by atoms with Crippen molar-refractivity contribution in [1.82, 2.24) is 14.4 Å². The van der Waals surface area contributed by atoms with E-state index in [0.717, 1.165) is 0 Å². The van der Waals surface area contributed by atoms with E-state index in [0.29, 0.717) is 13.0 Å². The zero-order chi connectivity index (χ0) is 17.6. The number of carboxylic acid groups (broad SMARTS) is 1. The molecule has 1 N–H and O–H groups in total. The topological polar surface area (TPSA) is 114 Å². The minimum Gasteiger partial charge on any atom is -0.481 e. The molecule has 0 saturated heterocycles. The van der Waals surface area contributed by atoms with Gasteiger partial charge in [-0.2, -0.15) is 9.29 Å². The molecular formula is C15H19N3O5S. The maximum atomic E-state index is 12.7. The number of nitrogens with zero attached hydrogens (tertiary/aromatic N) is 3. The van der Waals surface area contributed by atoms with Gasteiger partial charge in [0.1, 0.15) is 0 Å². The van der Waals surface area contributed by atoms with E-state index in [-0.39, 0.29) is 36.0 Å². The van der Waals surface area contributed by atoms with Gasteiger partial charge in [-0.3, -0.25) is 4.79 Å². The zero-order valence-electron chi connectivity index (χ0n) is 13.3. The molecule has 8 nitrogen and oxygen atoms in total. The number of hydrogen-bond acceptors (Lipinski definition) is 6. The minimum atomic E-state index is -3.66. The Bertz CT molecular complexity index is 773. The quantitative estimate of drug-likeness (QED) is 0.729. The van der Waals surface area contributed by atoms with E-state index in [1.165, 1.54) is 16.4 Å². The predicted molar refractivity (Wildman–Crippen MR) is 84.6 cm³/mol. The molecule has 1 heterocycles. The molecule has 24 heavy (non-hydrogen) atoms. The highest BCUT2D eigenvalue weighted by Gasteiger charge is 2.25. The highest BCUT2D eigenvalue weighted by Crippen LogP contribution is 2.17. The number of carboxylic acids is 1. The molecule has 2 rings (SSSR count). The average molecular weight is 353 g/mol. The van der Waals surface area contributed by atoms with Crippen LogP contribution in [-0.2, 0) is 27.8 Å². The van der Waals surface area contributed by atoms with Crippen molar-refractivity contribution in [3.8, 4) is 0 Å². The van der Waals surface area contributed by atoms with Crippen molar-refractivity contribution in [1.29, 1.82) is 0 Å². The lowest BCUT2D eigenvalue weighted by Crippen LogP contribution is -2.31. The van der Waals surface area contributed by atoms with Gasteiger partial charge < -0.3 is 9.63 Å². The first-order chi connectivity index (χ1) is 11.4. The van der Waals surface area contributed by atoms with Gasteiger partial charge in [-0.05, 0) is 18.6 Å². The fourth-order valence-corrected chi connectivity index (χ4v) is 3.61. The predicted octanol–water partition coefficient (Wildman–Crippen LogP) is 1.69. The highest BCUT2D eigenvalue weighted by atomic mass is 32.2. The summed E-state index contributed by atoms with van der Waals surface area (Å²) in [7, 11) is -3.66. The second kappa shape index (κ2) is 8.02. The Kier molecular flexibility index (Phi) is 6.04. The summed E-state index contributed by atoms with van der Waals surface area (Å²) in [5.41, 5.74) is 0. The van der Waals surface area contributed by atoms with Crippen molar-refractivity contribution in [3.63, 3.8) is 0 Å². The van der Waals surface area contributed by atoms with E-state index >= 15 is 0 Å². The summed E-state index contributed by atoms with van der Waals surface area (Å²) in [6.45, 7) is 2.17. The lowest BCUT2D eigenvalue weighted by Gasteiger charge is -2.19. The average Bonchev–Trinajstić information content (AvgIpc) is 3.01. The molecule has 0 radical (unpaired) electrons. The van der Waals surface area contributed by atoms with E-state index in [2.05, 4.69) is 10.1 Å². The molecule has 0 saturated carbocycles. The molecule has 0 spiro atoms. The van der Waals surface area contributed by atoms with Crippen LogP contribution in [0.4, 0.5) is 0 Å². The van der Waals surface area contributed by atoms with Gasteiger partial charge in [-0.15, -0.1) is 0 Å². The highest BCUT2D eigenvalue weighted by molar-refractivity contribution is 7.89. The van der Waals surface area contributed by atoms with E-state index < -0.39 is 16.0 Å². The van der Waals surface area contributed by atoms with E-state index in [9.17, 15) is 13.2 Å². The van der Waals surface area contributed by atoms with Gasteiger partial charge in [0.15, 0.2) is 5.82 Å². The van der Waals surface area contributed by atoms with Crippen LogP contribution < -0.4 is 0 Å². The van der Waals surface area contributed by atoms with Crippen molar-refractivity contribution in [2.45, 2.75) is 37.6 Å². The fourth-order valence-electron chi connectivity index (χ4n) is 2.10. The largest absolute Gasteiger partial charge is 0.481 e. The van der Waals surface area contributed by atoms with Crippen LogP contribution in [-0.4, -0.2) is 40.5 Å². The van der Waals surface area contributed by atoms with Gasteiger partial charge in [0.25, 0.3) is 0 Å². The standard InChI is InChI=1S/C15H19N3O5S/c1-2-10-18(24(21,22)12-6-4-3-5-7-12)11-13-16-14(23-17-13)8-9-15(19)20/h3-7H,2,8-11H2,1H3,(H,19,20). The Morgan fingerprint density at radius 2 is 2.00 bits per heavy atom. The number of benzene rings is 1. The number of aliphatic carboxylic acids is 1. The first kappa shape index (κ1) is 18.1. The maximum absolute atomic E-state index is 12.7.